The van der Waals surface area contributed by atoms with Gasteiger partial charge in [0.2, 0.25) is 5.69 Å². The van der Waals surface area contributed by atoms with Gasteiger partial charge in [-0.2, -0.15) is 0 Å². The second-order valence-electron chi connectivity index (χ2n) is 9.59. The van der Waals surface area contributed by atoms with Gasteiger partial charge in [0.25, 0.3) is 5.91 Å². The summed E-state index contributed by atoms with van der Waals surface area (Å²) in [5.41, 5.74) is 2.22. The minimum absolute atomic E-state index is 0.166. The number of H-pyrrole nitrogens is 1. The summed E-state index contributed by atoms with van der Waals surface area (Å²) >= 11 is 6.33. The summed E-state index contributed by atoms with van der Waals surface area (Å²) in [5, 5.41) is 12.8. The van der Waals surface area contributed by atoms with Crippen molar-refractivity contribution in [3.63, 3.8) is 0 Å². The van der Waals surface area contributed by atoms with E-state index in [1.807, 2.05) is 6.07 Å². The van der Waals surface area contributed by atoms with Crippen molar-refractivity contribution in [3.8, 4) is 11.3 Å². The number of rotatable bonds is 5. The first-order valence-corrected chi connectivity index (χ1v) is 11.1. The van der Waals surface area contributed by atoms with Gasteiger partial charge in [-0.1, -0.05) is 17.7 Å². The van der Waals surface area contributed by atoms with E-state index < -0.39 is 5.97 Å². The Morgan fingerprint density at radius 2 is 1.77 bits per heavy atom. The number of halogens is 1. The molecule has 30 heavy (non-hydrogen) atoms. The lowest BCUT2D eigenvalue weighted by Gasteiger charge is -2.56. The summed E-state index contributed by atoms with van der Waals surface area (Å²) in [5.74, 6) is 1.38. The van der Waals surface area contributed by atoms with Crippen LogP contribution in [0.15, 0.2) is 36.5 Å². The Hall–Kier alpha value is -2.40. The van der Waals surface area contributed by atoms with Gasteiger partial charge in [-0.3, -0.25) is 4.79 Å². The standard InChI is InChI=1S/C24H25ClN2O3/c25-20-12-26-21(17-2-1-3-18(7-17)23(29)30)8-19(20)22(28)27-13-24-9-14-4-15(10-24)6-16(5-14)11-24/h1-3,7-8,12,14-16H,4-6,9-11,13H2,(H,27,28)(H,29,30)/p+1. The average molecular weight is 426 g/mol. The molecule has 156 valence electrons. The van der Waals surface area contributed by atoms with E-state index in [1.165, 1.54) is 38.5 Å². The average Bonchev–Trinajstić information content (AvgIpc) is 2.71. The topological polar surface area (TPSA) is 80.5 Å². The molecule has 4 fully saturated rings. The van der Waals surface area contributed by atoms with E-state index in [9.17, 15) is 14.7 Å². The number of aromatic amines is 1. The summed E-state index contributed by atoms with van der Waals surface area (Å²) in [6.07, 6.45) is 9.45. The minimum atomic E-state index is -0.987. The van der Waals surface area contributed by atoms with Crippen LogP contribution in [0.1, 0.15) is 59.2 Å². The van der Waals surface area contributed by atoms with Crippen LogP contribution in [0.3, 0.4) is 0 Å². The predicted octanol–water partition coefficient (Wildman–Crippen LogP) is 4.47. The largest absolute Gasteiger partial charge is 0.478 e. The van der Waals surface area contributed by atoms with Crippen LogP contribution < -0.4 is 10.3 Å². The molecular weight excluding hydrogens is 400 g/mol. The van der Waals surface area contributed by atoms with E-state index >= 15 is 0 Å². The number of carboxylic acids is 1. The van der Waals surface area contributed by atoms with Crippen molar-refractivity contribution in [1.29, 1.82) is 0 Å². The number of nitrogens with one attached hydrogen (secondary N) is 2. The number of amides is 1. The summed E-state index contributed by atoms with van der Waals surface area (Å²) in [6.45, 7) is 0.716. The van der Waals surface area contributed by atoms with Crippen LogP contribution in [0.4, 0.5) is 0 Å². The fraction of sp³-hybridized carbons (Fsp3) is 0.458. The van der Waals surface area contributed by atoms with Crippen molar-refractivity contribution >= 4 is 23.5 Å². The van der Waals surface area contributed by atoms with Gasteiger partial charge < -0.3 is 10.4 Å². The van der Waals surface area contributed by atoms with Crippen molar-refractivity contribution in [2.75, 3.05) is 6.54 Å². The molecule has 0 spiro atoms. The van der Waals surface area contributed by atoms with Crippen LogP contribution in [0.25, 0.3) is 11.3 Å². The molecule has 4 aliphatic rings. The predicted molar refractivity (Wildman–Crippen MR) is 113 cm³/mol. The Morgan fingerprint density at radius 1 is 1.10 bits per heavy atom. The van der Waals surface area contributed by atoms with Gasteiger partial charge in [-0.15, -0.1) is 0 Å². The second-order valence-corrected chi connectivity index (χ2v) is 10.0. The first-order valence-electron chi connectivity index (χ1n) is 10.7. The number of carbonyl (C=O) groups excluding carboxylic acids is 1. The summed E-state index contributed by atoms with van der Waals surface area (Å²) in [6, 6.07) is 8.33. The molecule has 1 heterocycles. The number of pyridine rings is 1. The first-order chi connectivity index (χ1) is 14.4. The fourth-order valence-corrected chi connectivity index (χ4v) is 6.70. The second kappa shape index (κ2) is 7.38. The highest BCUT2D eigenvalue weighted by molar-refractivity contribution is 6.33. The number of hydrogen-bond acceptors (Lipinski definition) is 2. The number of benzene rings is 1. The van der Waals surface area contributed by atoms with E-state index in [1.54, 1.807) is 30.5 Å². The molecule has 1 aromatic heterocycles. The first kappa shape index (κ1) is 19.6. The van der Waals surface area contributed by atoms with Gasteiger partial charge >= 0.3 is 5.97 Å². The highest BCUT2D eigenvalue weighted by atomic mass is 35.5. The highest BCUT2D eigenvalue weighted by Crippen LogP contribution is 2.59. The molecule has 0 unspecified atom stereocenters. The quantitative estimate of drug-likeness (QED) is 0.741. The van der Waals surface area contributed by atoms with Crippen molar-refractivity contribution in [1.82, 2.24) is 5.32 Å². The number of aromatic carboxylic acids is 1. The Labute approximate surface area is 180 Å². The molecule has 0 saturated heterocycles. The zero-order valence-electron chi connectivity index (χ0n) is 16.8. The third-order valence-corrected chi connectivity index (χ3v) is 7.67. The summed E-state index contributed by atoms with van der Waals surface area (Å²) in [4.78, 5) is 27.3. The van der Waals surface area contributed by atoms with Gasteiger partial charge in [0.15, 0.2) is 6.20 Å². The molecule has 0 radical (unpaired) electrons. The molecule has 6 heteroatoms. The maximum Gasteiger partial charge on any atom is 0.335 e. The highest BCUT2D eigenvalue weighted by Gasteiger charge is 2.50. The minimum Gasteiger partial charge on any atom is -0.478 e. The summed E-state index contributed by atoms with van der Waals surface area (Å²) in [7, 11) is 0. The SMILES string of the molecule is O=C(O)c1cccc(-c2cc(C(=O)NCC34CC5CC(CC(C5)C3)C4)c(Cl)c[nH+]2)c1. The van der Waals surface area contributed by atoms with Crippen LogP contribution >= 0.6 is 11.6 Å². The molecular formula is C24H26ClN2O3+. The van der Waals surface area contributed by atoms with E-state index in [-0.39, 0.29) is 16.9 Å². The van der Waals surface area contributed by atoms with E-state index in [0.717, 1.165) is 17.8 Å². The van der Waals surface area contributed by atoms with Gasteiger partial charge in [0.05, 0.1) is 11.1 Å². The lowest BCUT2D eigenvalue weighted by atomic mass is 9.49. The van der Waals surface area contributed by atoms with Crippen LogP contribution in [-0.2, 0) is 0 Å². The van der Waals surface area contributed by atoms with E-state index in [2.05, 4.69) is 10.3 Å². The molecule has 2 aromatic rings. The number of aromatic nitrogens is 1. The molecule has 1 amide bonds. The third-order valence-electron chi connectivity index (χ3n) is 7.35. The van der Waals surface area contributed by atoms with Crippen molar-refractivity contribution < 1.29 is 19.7 Å². The third kappa shape index (κ3) is 3.60. The van der Waals surface area contributed by atoms with E-state index in [4.69, 9.17) is 11.6 Å². The molecule has 4 bridgehead atoms. The maximum atomic E-state index is 13.0. The zero-order valence-corrected chi connectivity index (χ0v) is 17.5. The number of carboxylic acid groups (broad SMARTS) is 1. The van der Waals surface area contributed by atoms with Crippen LogP contribution in [0.2, 0.25) is 5.02 Å². The lowest BCUT2D eigenvalue weighted by Crippen LogP contribution is -2.51. The van der Waals surface area contributed by atoms with Crippen molar-refractivity contribution in [2.45, 2.75) is 38.5 Å². The fourth-order valence-electron chi connectivity index (χ4n) is 6.50. The molecule has 4 saturated carbocycles. The number of carbonyl (C=O) groups is 2. The Balaban J connectivity index is 1.34. The Morgan fingerprint density at radius 3 is 2.40 bits per heavy atom. The van der Waals surface area contributed by atoms with Gasteiger partial charge in [0.1, 0.15) is 5.02 Å². The Kier molecular flexibility index (Phi) is 4.81. The Bertz CT molecular complexity index is 984. The van der Waals surface area contributed by atoms with Crippen LogP contribution in [0.5, 0.6) is 0 Å². The molecule has 0 atom stereocenters. The van der Waals surface area contributed by atoms with Crippen LogP contribution in [0, 0.1) is 23.2 Å². The molecule has 4 aliphatic carbocycles. The smallest absolute Gasteiger partial charge is 0.335 e. The monoisotopic (exact) mass is 425 g/mol. The molecule has 3 N–H and O–H groups in total. The normalized spacial score (nSPS) is 29.0. The zero-order chi connectivity index (χ0) is 20.9. The maximum absolute atomic E-state index is 13.0. The molecule has 0 aliphatic heterocycles. The molecule has 5 nitrogen and oxygen atoms in total. The molecule has 6 rings (SSSR count). The van der Waals surface area contributed by atoms with Crippen molar-refractivity contribution in [2.24, 2.45) is 23.2 Å². The van der Waals surface area contributed by atoms with Gasteiger partial charge in [-0.25, -0.2) is 9.78 Å². The van der Waals surface area contributed by atoms with Crippen LogP contribution in [-0.4, -0.2) is 23.5 Å². The van der Waals surface area contributed by atoms with Gasteiger partial charge in [-0.05, 0) is 79.9 Å². The van der Waals surface area contributed by atoms with E-state index in [0.29, 0.717) is 28.4 Å². The molecule has 1 aromatic carbocycles. The van der Waals surface area contributed by atoms with Crippen molar-refractivity contribution in [3.05, 3.63) is 52.7 Å². The lowest BCUT2D eigenvalue weighted by molar-refractivity contribution is -0.364. The number of hydrogen-bond donors (Lipinski definition) is 2. The van der Waals surface area contributed by atoms with Gasteiger partial charge in [0, 0.05) is 18.2 Å². The summed E-state index contributed by atoms with van der Waals surface area (Å²) < 4.78 is 0.